The zero-order valence-electron chi connectivity index (χ0n) is 25.6. The molecule has 1 unspecified atom stereocenters. The Hall–Kier alpha value is -3.33. The van der Waals surface area contributed by atoms with Crippen molar-refractivity contribution in [3.8, 4) is 0 Å². The standard InChI is InChI=1S/C26H36N7O12PS/c1-13(2)42-26(37)40-12-47-46(38,45-20-16(8-34)44-24(21(20)39-4)32-6-5-14(3)31-25(32)36)41-9-17-15(35)7-18(43-17)33-11-30-19-22(27)28-10-29-23(19)33/h5-6,10-11,13,15-18,20-21,24,34-35H,3,7-9,12H2,1-2,4H3,(H,31,36)(H2,27,28,29)/t15-,16-,17-,18-,20?,21+,24-,46+/m1/s1. The van der Waals surface area contributed by atoms with Crippen LogP contribution in [0.3, 0.4) is 0 Å². The van der Waals surface area contributed by atoms with Gasteiger partial charge in [0.25, 0.3) is 0 Å². The van der Waals surface area contributed by atoms with Gasteiger partial charge in [0.05, 0.1) is 31.7 Å². The first-order valence-electron chi connectivity index (χ1n) is 14.4. The monoisotopic (exact) mass is 701 g/mol. The molecule has 2 fully saturated rings. The van der Waals surface area contributed by atoms with Gasteiger partial charge in [-0.15, -0.1) is 0 Å². The Morgan fingerprint density at radius 2 is 2.06 bits per heavy atom. The van der Waals surface area contributed by atoms with Crippen molar-refractivity contribution in [3.05, 3.63) is 37.2 Å². The molecular formula is C26H36N7O12PS. The number of carbonyl (C=O) groups is 2. The second-order valence-electron chi connectivity index (χ2n) is 10.8. The van der Waals surface area contributed by atoms with E-state index in [9.17, 15) is 24.4 Å². The Bertz CT molecular complexity index is 1540. The molecule has 2 saturated heterocycles. The van der Waals surface area contributed by atoms with E-state index in [1.54, 1.807) is 18.4 Å². The summed E-state index contributed by atoms with van der Waals surface area (Å²) in [4.78, 5) is 38.2. The molecule has 2 aromatic rings. The first-order chi connectivity index (χ1) is 22.4. The summed E-state index contributed by atoms with van der Waals surface area (Å²) in [6.07, 6.45) is -2.99. The summed E-state index contributed by atoms with van der Waals surface area (Å²) in [5.74, 6) is -0.336. The minimum Gasteiger partial charge on any atom is -0.432 e. The van der Waals surface area contributed by atoms with Gasteiger partial charge in [0.1, 0.15) is 42.5 Å². The number of aliphatic hydroxyl groups is 2. The number of carbonyl (C=O) groups excluding carboxylic acids is 2. The summed E-state index contributed by atoms with van der Waals surface area (Å²) in [6.45, 7) is 1.57. The molecule has 258 valence electrons. The smallest absolute Gasteiger partial charge is 0.432 e. The van der Waals surface area contributed by atoms with Crippen LogP contribution >= 0.6 is 18.2 Å². The van der Waals surface area contributed by atoms with Crippen molar-refractivity contribution >= 4 is 47.3 Å². The third kappa shape index (κ3) is 7.87. The predicted octanol–water partition coefficient (Wildman–Crippen LogP) is 1.60. The lowest BCUT2D eigenvalue weighted by molar-refractivity contribution is -0.0727. The third-order valence-electron chi connectivity index (χ3n) is 7.22. The summed E-state index contributed by atoms with van der Waals surface area (Å²) in [7, 11) is 1.33. The molecule has 5 heterocycles. The molecule has 0 saturated carbocycles. The molecule has 0 bridgehead atoms. The van der Waals surface area contributed by atoms with Crippen LogP contribution in [-0.4, -0.2) is 116 Å². The van der Waals surface area contributed by atoms with E-state index in [0.717, 1.165) is 0 Å². The lowest BCUT2D eigenvalue weighted by atomic mass is 10.1. The molecule has 2 amide bonds. The Labute approximate surface area is 272 Å². The number of aliphatic hydroxyl groups excluding tert-OH is 2. The Balaban J connectivity index is 1.32. The molecule has 21 heteroatoms. The highest BCUT2D eigenvalue weighted by Gasteiger charge is 2.52. The molecule has 5 N–H and O–H groups in total. The maximum absolute atomic E-state index is 14.3. The van der Waals surface area contributed by atoms with Crippen LogP contribution in [0.25, 0.3) is 11.2 Å². The van der Waals surface area contributed by atoms with E-state index in [0.29, 0.717) is 28.2 Å². The number of ether oxygens (including phenoxy) is 5. The number of nitrogens with two attached hydrogens (primary N) is 1. The number of nitrogen functional groups attached to an aromatic ring is 1. The Kier molecular flexibility index (Phi) is 11.0. The van der Waals surface area contributed by atoms with Crippen LogP contribution < -0.4 is 11.1 Å². The molecular weight excluding hydrogens is 665 g/mol. The maximum atomic E-state index is 14.3. The molecule has 5 rings (SSSR count). The Morgan fingerprint density at radius 1 is 1.28 bits per heavy atom. The topological polar surface area (TPSA) is 241 Å². The lowest BCUT2D eigenvalue weighted by Crippen LogP contribution is -2.50. The number of hydrogen-bond acceptors (Lipinski definition) is 17. The number of nitrogens with one attached hydrogen (secondary N) is 1. The van der Waals surface area contributed by atoms with Crippen molar-refractivity contribution in [2.24, 2.45) is 0 Å². The van der Waals surface area contributed by atoms with Gasteiger partial charge in [0, 0.05) is 36.8 Å². The fraction of sp³-hybridized carbons (Fsp3) is 0.577. The number of nitrogens with zero attached hydrogens (tertiary/aromatic N) is 5. The molecule has 0 radical (unpaired) electrons. The Morgan fingerprint density at radius 3 is 2.77 bits per heavy atom. The van der Waals surface area contributed by atoms with Crippen LogP contribution in [0.1, 0.15) is 26.5 Å². The number of allylic oxidation sites excluding steroid dienone is 1. The number of fused-ring (bicyclic) bond motifs is 1. The number of aromatic nitrogens is 4. The van der Waals surface area contributed by atoms with Gasteiger partial charge < -0.3 is 44.9 Å². The van der Waals surface area contributed by atoms with Crippen molar-refractivity contribution < 1.29 is 57.1 Å². The first-order valence-corrected chi connectivity index (χ1v) is 17.5. The first kappa shape index (κ1) is 35.0. The molecule has 19 nitrogen and oxygen atoms in total. The molecule has 0 aromatic carbocycles. The van der Waals surface area contributed by atoms with Crippen molar-refractivity contribution in [3.63, 3.8) is 0 Å². The van der Waals surface area contributed by atoms with E-state index in [1.807, 2.05) is 0 Å². The molecule has 3 aliphatic heterocycles. The lowest BCUT2D eigenvalue weighted by Gasteiger charge is -2.32. The summed E-state index contributed by atoms with van der Waals surface area (Å²) in [5.41, 5.74) is 6.99. The highest BCUT2D eigenvalue weighted by Crippen LogP contribution is 2.63. The van der Waals surface area contributed by atoms with Crippen LogP contribution in [0.4, 0.5) is 15.4 Å². The van der Waals surface area contributed by atoms with Gasteiger partial charge in [-0.1, -0.05) is 6.58 Å². The quantitative estimate of drug-likeness (QED) is 0.132. The van der Waals surface area contributed by atoms with E-state index < -0.39 is 87.2 Å². The molecule has 47 heavy (non-hydrogen) atoms. The number of imidazole rings is 1. The number of rotatable bonds is 13. The summed E-state index contributed by atoms with van der Waals surface area (Å²) in [6, 6.07) is -0.575. The SMILES string of the molecule is C=C1C=CN([C@@H]2O[C@H](CO)C(O[P@](=O)(OC[C@H]3O[C@@H](n4cnc5c(N)ncnc54)C[C@H]3O)SCOC(=O)OC(C)C)[C@@H]2OC)C(=O)N1. The number of urea groups is 1. The number of anilines is 1. The zero-order valence-corrected chi connectivity index (χ0v) is 27.3. The fourth-order valence-corrected chi connectivity index (χ4v) is 7.82. The van der Waals surface area contributed by atoms with Crippen LogP contribution in [0.5, 0.6) is 0 Å². The van der Waals surface area contributed by atoms with Crippen LogP contribution in [0, 0.1) is 0 Å². The van der Waals surface area contributed by atoms with Crippen LogP contribution in [0.2, 0.25) is 0 Å². The van der Waals surface area contributed by atoms with Gasteiger partial charge >= 0.3 is 19.0 Å². The minimum absolute atomic E-state index is 0.111. The number of methoxy groups -OCH3 is 1. The largest absolute Gasteiger partial charge is 0.509 e. The minimum atomic E-state index is -4.34. The van der Waals surface area contributed by atoms with Crippen molar-refractivity contribution in [2.45, 2.75) is 69.3 Å². The fourth-order valence-electron chi connectivity index (χ4n) is 5.03. The molecule has 8 atom stereocenters. The van der Waals surface area contributed by atoms with E-state index in [4.69, 9.17) is 38.5 Å². The molecule has 0 spiro atoms. The molecule has 2 aromatic heterocycles. The second-order valence-corrected chi connectivity index (χ2v) is 14.7. The van der Waals surface area contributed by atoms with Crippen LogP contribution in [0.15, 0.2) is 37.2 Å². The second kappa shape index (κ2) is 14.8. The average Bonchev–Trinajstić information content (AvgIpc) is 3.71. The predicted molar refractivity (Wildman–Crippen MR) is 163 cm³/mol. The van der Waals surface area contributed by atoms with Crippen molar-refractivity contribution in [2.75, 3.05) is 32.0 Å². The summed E-state index contributed by atoms with van der Waals surface area (Å²) < 4.78 is 55.1. The maximum Gasteiger partial charge on any atom is 0.509 e. The molecule has 3 aliphatic rings. The average molecular weight is 702 g/mol. The van der Waals surface area contributed by atoms with Crippen molar-refractivity contribution in [1.82, 2.24) is 29.7 Å². The zero-order chi connectivity index (χ0) is 33.9. The third-order valence-corrected chi connectivity index (χ3v) is 10.6. The van der Waals surface area contributed by atoms with Gasteiger partial charge in [0.2, 0.25) is 0 Å². The highest BCUT2D eigenvalue weighted by atomic mass is 32.7. The highest BCUT2D eigenvalue weighted by molar-refractivity contribution is 8.55. The van der Waals surface area contributed by atoms with Crippen LogP contribution in [-0.2, 0) is 37.3 Å². The van der Waals surface area contributed by atoms with Gasteiger partial charge in [-0.25, -0.2) is 29.1 Å². The normalized spacial score (nSPS) is 29.0. The van der Waals surface area contributed by atoms with Crippen molar-refractivity contribution in [1.29, 1.82) is 0 Å². The number of hydrogen-bond donors (Lipinski definition) is 4. The molecule has 0 aliphatic carbocycles. The number of amides is 2. The summed E-state index contributed by atoms with van der Waals surface area (Å²) >= 11 is 0.509. The van der Waals surface area contributed by atoms with E-state index in [-0.39, 0.29) is 12.2 Å². The van der Waals surface area contributed by atoms with E-state index >= 15 is 0 Å². The van der Waals surface area contributed by atoms with Gasteiger partial charge in [-0.05, 0) is 19.9 Å². The van der Waals surface area contributed by atoms with E-state index in [1.165, 1.54) is 36.9 Å². The van der Waals surface area contributed by atoms with Gasteiger partial charge in [0.15, 0.2) is 23.6 Å². The summed E-state index contributed by atoms with van der Waals surface area (Å²) in [5, 5.41) is 23.5. The van der Waals surface area contributed by atoms with Gasteiger partial charge in [-0.3, -0.25) is 18.5 Å². The van der Waals surface area contributed by atoms with E-state index in [2.05, 4.69) is 26.8 Å². The van der Waals surface area contributed by atoms with Gasteiger partial charge in [-0.2, -0.15) is 0 Å².